The van der Waals surface area contributed by atoms with Crippen LogP contribution in [0.1, 0.15) is 31.6 Å². The second kappa shape index (κ2) is 6.39. The molecule has 2 aromatic heterocycles. The number of primary amides is 1. The van der Waals surface area contributed by atoms with Gasteiger partial charge in [0.2, 0.25) is 0 Å². The fraction of sp³-hybridized carbons (Fsp3) is 0.375. The Morgan fingerprint density at radius 1 is 1.42 bits per heavy atom. The van der Waals surface area contributed by atoms with Crippen molar-refractivity contribution < 1.29 is 19.1 Å². The minimum absolute atomic E-state index is 0.00247. The van der Waals surface area contributed by atoms with Gasteiger partial charge >= 0.3 is 0 Å². The highest BCUT2D eigenvalue weighted by Gasteiger charge is 2.41. The molecular formula is C16H19N3O4S. The number of furan rings is 1. The molecule has 1 aliphatic heterocycles. The lowest BCUT2D eigenvalue weighted by molar-refractivity contribution is -0.0974. The van der Waals surface area contributed by atoms with Gasteiger partial charge < -0.3 is 20.6 Å². The van der Waals surface area contributed by atoms with Crippen LogP contribution in [0.25, 0.3) is 0 Å². The minimum Gasteiger partial charge on any atom is -0.446 e. The highest BCUT2D eigenvalue weighted by atomic mass is 32.1. The summed E-state index contributed by atoms with van der Waals surface area (Å²) in [5, 5.41) is 15.1. The molecule has 0 saturated carbocycles. The predicted molar refractivity (Wildman–Crippen MR) is 88.8 cm³/mol. The van der Waals surface area contributed by atoms with Crippen LogP contribution in [0.5, 0.6) is 0 Å². The number of aryl methyl sites for hydroxylation is 1. The van der Waals surface area contributed by atoms with E-state index in [4.69, 9.17) is 10.2 Å². The van der Waals surface area contributed by atoms with E-state index < -0.39 is 17.4 Å². The van der Waals surface area contributed by atoms with E-state index >= 15 is 0 Å². The second-order valence-electron chi connectivity index (χ2n) is 6.15. The van der Waals surface area contributed by atoms with Crippen LogP contribution in [0, 0.1) is 6.92 Å². The molecule has 4 N–H and O–H groups in total. The summed E-state index contributed by atoms with van der Waals surface area (Å²) in [5.74, 6) is -1.29. The van der Waals surface area contributed by atoms with E-state index in [-0.39, 0.29) is 18.1 Å². The molecule has 0 radical (unpaired) electrons. The molecule has 2 aromatic rings. The van der Waals surface area contributed by atoms with Crippen LogP contribution in [0.15, 0.2) is 28.0 Å². The number of hydrogen-bond acceptors (Lipinski definition) is 6. The van der Waals surface area contributed by atoms with Crippen LogP contribution in [0.3, 0.4) is 0 Å². The molecule has 0 aromatic carbocycles. The second-order valence-corrected chi connectivity index (χ2v) is 7.26. The zero-order chi connectivity index (χ0) is 17.3. The first-order chi connectivity index (χ1) is 11.3. The van der Waals surface area contributed by atoms with Crippen LogP contribution < -0.4 is 11.1 Å². The van der Waals surface area contributed by atoms with E-state index in [9.17, 15) is 14.7 Å². The first-order valence-corrected chi connectivity index (χ1v) is 8.39. The van der Waals surface area contributed by atoms with Crippen molar-refractivity contribution in [1.29, 1.82) is 0 Å². The molecule has 1 aliphatic rings. The number of likely N-dealkylation sites (tertiary alicyclic amines) is 1. The van der Waals surface area contributed by atoms with Crippen molar-refractivity contribution in [2.75, 3.05) is 19.6 Å². The lowest BCUT2D eigenvalue weighted by atomic mass is 9.93. The number of carbonyl (C=O) groups is 2. The summed E-state index contributed by atoms with van der Waals surface area (Å²) in [5.41, 5.74) is 5.36. The third-order valence-corrected chi connectivity index (χ3v) is 4.79. The number of β-amino-alcohol motifs (C(OH)–C–C–N with tert-alkyl or cyclic N) is 1. The van der Waals surface area contributed by atoms with Gasteiger partial charge in [-0.25, -0.2) is 0 Å². The van der Waals surface area contributed by atoms with Gasteiger partial charge in [0, 0.05) is 31.1 Å². The van der Waals surface area contributed by atoms with E-state index in [0.717, 1.165) is 6.54 Å². The molecule has 8 heteroatoms. The number of rotatable bonds is 6. The van der Waals surface area contributed by atoms with Crippen molar-refractivity contribution in [1.82, 2.24) is 10.2 Å². The van der Waals surface area contributed by atoms with E-state index in [2.05, 4.69) is 28.6 Å². The Balaban J connectivity index is 1.46. The first kappa shape index (κ1) is 16.7. The predicted octanol–water partition coefficient (Wildman–Crippen LogP) is 0.725. The summed E-state index contributed by atoms with van der Waals surface area (Å²) in [6.45, 7) is 3.96. The van der Waals surface area contributed by atoms with Gasteiger partial charge in [0.05, 0.1) is 0 Å². The van der Waals surface area contributed by atoms with Crippen molar-refractivity contribution >= 4 is 23.2 Å². The quantitative estimate of drug-likeness (QED) is 0.712. The summed E-state index contributed by atoms with van der Waals surface area (Å²) < 4.78 is 5.05. The normalized spacial score (nSPS) is 16.6. The maximum atomic E-state index is 12.0. The van der Waals surface area contributed by atoms with Crippen LogP contribution >= 0.6 is 11.3 Å². The number of hydrogen-bond donors (Lipinski definition) is 3. The molecule has 3 rings (SSSR count). The third-order valence-electron chi connectivity index (χ3n) is 3.88. The van der Waals surface area contributed by atoms with Crippen LogP contribution in [0.4, 0.5) is 0 Å². The monoisotopic (exact) mass is 349 g/mol. The molecule has 2 amide bonds. The van der Waals surface area contributed by atoms with Gasteiger partial charge in [0.15, 0.2) is 11.5 Å². The maximum absolute atomic E-state index is 12.0. The standard InChI is InChI=1S/C16H19N3O4S/c1-10-4-11(6-24-10)5-19-8-16(22,9-19)7-18-15(21)13-3-2-12(23-13)14(17)20/h2-4,6,22H,5,7-9H2,1H3,(H2,17,20)(H,18,21). The Morgan fingerprint density at radius 3 is 2.71 bits per heavy atom. The summed E-state index contributed by atoms with van der Waals surface area (Å²) in [4.78, 5) is 26.3. The molecule has 0 aliphatic carbocycles. The summed E-state index contributed by atoms with van der Waals surface area (Å²) in [6, 6.07) is 4.86. The number of aliphatic hydroxyl groups is 1. The molecule has 1 saturated heterocycles. The van der Waals surface area contributed by atoms with Crippen molar-refractivity contribution in [2.24, 2.45) is 5.73 Å². The number of nitrogens with two attached hydrogens (primary N) is 1. The molecule has 0 unspecified atom stereocenters. The fourth-order valence-electron chi connectivity index (χ4n) is 2.77. The number of thiophene rings is 1. The SMILES string of the molecule is Cc1cc(CN2CC(O)(CNC(=O)c3ccc(C(N)=O)o3)C2)cs1. The summed E-state index contributed by atoms with van der Waals surface area (Å²) in [6.07, 6.45) is 0. The topological polar surface area (TPSA) is 109 Å². The largest absolute Gasteiger partial charge is 0.446 e. The Bertz CT molecular complexity index is 761. The molecule has 7 nitrogen and oxygen atoms in total. The molecule has 3 heterocycles. The van der Waals surface area contributed by atoms with Gasteiger partial charge in [0.25, 0.3) is 11.8 Å². The average molecular weight is 349 g/mol. The Hall–Kier alpha value is -2.16. The van der Waals surface area contributed by atoms with E-state index in [1.807, 2.05) is 0 Å². The van der Waals surface area contributed by atoms with Crippen LogP contribution in [-0.4, -0.2) is 47.1 Å². The Morgan fingerprint density at radius 2 is 2.12 bits per heavy atom. The van der Waals surface area contributed by atoms with E-state index in [0.29, 0.717) is 13.1 Å². The van der Waals surface area contributed by atoms with Gasteiger partial charge in [-0.05, 0) is 36.1 Å². The molecule has 0 bridgehead atoms. The highest BCUT2D eigenvalue weighted by molar-refractivity contribution is 7.10. The molecule has 0 atom stereocenters. The van der Waals surface area contributed by atoms with Gasteiger partial charge in [-0.2, -0.15) is 0 Å². The highest BCUT2D eigenvalue weighted by Crippen LogP contribution is 2.24. The molecule has 0 spiro atoms. The minimum atomic E-state index is -0.945. The smallest absolute Gasteiger partial charge is 0.287 e. The van der Waals surface area contributed by atoms with Crippen molar-refractivity contribution in [2.45, 2.75) is 19.1 Å². The van der Waals surface area contributed by atoms with Crippen molar-refractivity contribution in [3.8, 4) is 0 Å². The van der Waals surface area contributed by atoms with Gasteiger partial charge in [-0.3, -0.25) is 14.5 Å². The van der Waals surface area contributed by atoms with Crippen LogP contribution in [-0.2, 0) is 6.54 Å². The van der Waals surface area contributed by atoms with Gasteiger partial charge in [-0.1, -0.05) is 0 Å². The Kier molecular flexibility index (Phi) is 4.44. The van der Waals surface area contributed by atoms with E-state index in [1.54, 1.807) is 11.3 Å². The third kappa shape index (κ3) is 3.66. The number of nitrogens with zero attached hydrogens (tertiary/aromatic N) is 1. The maximum Gasteiger partial charge on any atom is 0.287 e. The van der Waals surface area contributed by atoms with E-state index in [1.165, 1.54) is 22.6 Å². The Labute approximate surface area is 143 Å². The number of carbonyl (C=O) groups excluding carboxylic acids is 2. The zero-order valence-corrected chi connectivity index (χ0v) is 14.1. The fourth-order valence-corrected chi connectivity index (χ4v) is 3.47. The molecule has 1 fully saturated rings. The van der Waals surface area contributed by atoms with Crippen LogP contribution in [0.2, 0.25) is 0 Å². The molecular weight excluding hydrogens is 330 g/mol. The lowest BCUT2D eigenvalue weighted by Gasteiger charge is -2.46. The number of nitrogens with one attached hydrogen (secondary N) is 1. The molecule has 24 heavy (non-hydrogen) atoms. The van der Waals surface area contributed by atoms with Crippen molar-refractivity contribution in [3.05, 3.63) is 45.5 Å². The van der Waals surface area contributed by atoms with Crippen molar-refractivity contribution in [3.63, 3.8) is 0 Å². The zero-order valence-electron chi connectivity index (χ0n) is 13.2. The van der Waals surface area contributed by atoms with Gasteiger partial charge in [-0.15, -0.1) is 11.3 Å². The summed E-state index contributed by atoms with van der Waals surface area (Å²) in [7, 11) is 0. The van der Waals surface area contributed by atoms with Gasteiger partial charge in [0.1, 0.15) is 5.60 Å². The summed E-state index contributed by atoms with van der Waals surface area (Å²) >= 11 is 1.71. The molecule has 128 valence electrons. The number of amides is 2. The lowest BCUT2D eigenvalue weighted by Crippen LogP contribution is -2.65. The first-order valence-electron chi connectivity index (χ1n) is 7.51. The average Bonchev–Trinajstić information content (AvgIpc) is 3.12.